The number of aromatic carboxylic acids is 1. The first-order chi connectivity index (χ1) is 10.1. The van der Waals surface area contributed by atoms with Gasteiger partial charge in [-0.2, -0.15) is 5.10 Å². The SMILES string of the molecule is O=C(O)c1cnn2c(-c3ccccc3[N+](=O)[O-])ccnc12. The van der Waals surface area contributed by atoms with Crippen molar-refractivity contribution in [2.24, 2.45) is 0 Å². The lowest BCUT2D eigenvalue weighted by molar-refractivity contribution is -0.384. The van der Waals surface area contributed by atoms with Gasteiger partial charge in [-0.05, 0) is 12.1 Å². The average molecular weight is 284 g/mol. The van der Waals surface area contributed by atoms with Gasteiger partial charge in [0, 0.05) is 12.3 Å². The highest BCUT2D eigenvalue weighted by Gasteiger charge is 2.19. The molecule has 2 aromatic heterocycles. The number of aromatic nitrogens is 3. The number of carboxylic acid groups (broad SMARTS) is 1. The fraction of sp³-hybridized carbons (Fsp3) is 0. The zero-order chi connectivity index (χ0) is 15.0. The van der Waals surface area contributed by atoms with Gasteiger partial charge in [0.1, 0.15) is 5.56 Å². The summed E-state index contributed by atoms with van der Waals surface area (Å²) in [6.45, 7) is 0. The van der Waals surface area contributed by atoms with Gasteiger partial charge in [-0.1, -0.05) is 12.1 Å². The van der Waals surface area contributed by atoms with Crippen LogP contribution in [0.5, 0.6) is 0 Å². The molecule has 0 amide bonds. The van der Waals surface area contributed by atoms with Crippen LogP contribution in [0.15, 0.2) is 42.7 Å². The molecule has 0 saturated carbocycles. The molecule has 0 atom stereocenters. The molecule has 104 valence electrons. The lowest BCUT2D eigenvalue weighted by Gasteiger charge is -2.05. The summed E-state index contributed by atoms with van der Waals surface area (Å²) in [6.07, 6.45) is 2.57. The summed E-state index contributed by atoms with van der Waals surface area (Å²) < 4.78 is 1.28. The van der Waals surface area contributed by atoms with E-state index in [2.05, 4.69) is 10.1 Å². The maximum absolute atomic E-state index is 11.1. The smallest absolute Gasteiger partial charge is 0.341 e. The molecule has 0 unspecified atom stereocenters. The Kier molecular flexibility index (Phi) is 2.83. The molecule has 0 aliphatic rings. The van der Waals surface area contributed by atoms with Gasteiger partial charge in [0.05, 0.1) is 22.4 Å². The van der Waals surface area contributed by atoms with E-state index in [1.165, 1.54) is 23.0 Å². The highest BCUT2D eigenvalue weighted by Crippen LogP contribution is 2.29. The van der Waals surface area contributed by atoms with Gasteiger partial charge in [0.2, 0.25) is 0 Å². The molecule has 8 heteroatoms. The molecule has 3 rings (SSSR count). The van der Waals surface area contributed by atoms with Crippen LogP contribution in [0.4, 0.5) is 5.69 Å². The first-order valence-corrected chi connectivity index (χ1v) is 5.89. The van der Waals surface area contributed by atoms with Crippen molar-refractivity contribution in [1.29, 1.82) is 0 Å². The Morgan fingerprint density at radius 2 is 2.05 bits per heavy atom. The van der Waals surface area contributed by atoms with Crippen molar-refractivity contribution in [2.75, 3.05) is 0 Å². The van der Waals surface area contributed by atoms with Gasteiger partial charge in [0.15, 0.2) is 5.65 Å². The zero-order valence-electron chi connectivity index (χ0n) is 10.5. The highest BCUT2D eigenvalue weighted by molar-refractivity contribution is 5.94. The van der Waals surface area contributed by atoms with Crippen molar-refractivity contribution < 1.29 is 14.8 Å². The van der Waals surface area contributed by atoms with Gasteiger partial charge in [-0.3, -0.25) is 10.1 Å². The van der Waals surface area contributed by atoms with E-state index in [9.17, 15) is 14.9 Å². The molecule has 0 bridgehead atoms. The quantitative estimate of drug-likeness (QED) is 0.581. The molecule has 0 spiro atoms. The minimum Gasteiger partial charge on any atom is -0.477 e. The van der Waals surface area contributed by atoms with E-state index in [0.29, 0.717) is 11.3 Å². The number of benzene rings is 1. The van der Waals surface area contributed by atoms with Crippen molar-refractivity contribution in [3.8, 4) is 11.3 Å². The summed E-state index contributed by atoms with van der Waals surface area (Å²) in [5.41, 5.74) is 0.737. The van der Waals surface area contributed by atoms with Crippen LogP contribution in [-0.4, -0.2) is 30.6 Å². The molecule has 2 heterocycles. The summed E-state index contributed by atoms with van der Waals surface area (Å²) >= 11 is 0. The first kappa shape index (κ1) is 12.7. The Morgan fingerprint density at radius 1 is 1.29 bits per heavy atom. The van der Waals surface area contributed by atoms with Gasteiger partial charge in [-0.15, -0.1) is 0 Å². The Labute approximate surface area is 117 Å². The molecular weight excluding hydrogens is 276 g/mol. The van der Waals surface area contributed by atoms with Crippen molar-refractivity contribution in [3.63, 3.8) is 0 Å². The Balaban J connectivity index is 2.32. The molecular formula is C13H8N4O4. The summed E-state index contributed by atoms with van der Waals surface area (Å²) in [5.74, 6) is -1.16. The number of nitro benzene ring substituents is 1. The standard InChI is InChI=1S/C13H8N4O4/c18-13(19)9-7-15-16-10(5-6-14-12(9)16)8-3-1-2-4-11(8)17(20)21/h1-7H,(H,18,19). The molecule has 0 saturated heterocycles. The summed E-state index contributed by atoms with van der Waals surface area (Å²) in [6, 6.07) is 7.73. The normalized spacial score (nSPS) is 10.7. The van der Waals surface area contributed by atoms with Gasteiger partial charge >= 0.3 is 5.97 Å². The number of rotatable bonds is 3. The maximum Gasteiger partial charge on any atom is 0.341 e. The number of para-hydroxylation sites is 1. The molecule has 1 N–H and O–H groups in total. The minimum absolute atomic E-state index is 0.0598. The van der Waals surface area contributed by atoms with Crippen LogP contribution in [0.25, 0.3) is 16.9 Å². The second-order valence-corrected chi connectivity index (χ2v) is 4.20. The van der Waals surface area contributed by atoms with Gasteiger partial charge in [0.25, 0.3) is 5.69 Å². The third-order valence-electron chi connectivity index (χ3n) is 3.01. The van der Waals surface area contributed by atoms with Crippen molar-refractivity contribution >= 4 is 17.3 Å². The highest BCUT2D eigenvalue weighted by atomic mass is 16.6. The van der Waals surface area contributed by atoms with Crippen LogP contribution in [0.3, 0.4) is 0 Å². The summed E-state index contributed by atoms with van der Waals surface area (Å²) in [7, 11) is 0. The topological polar surface area (TPSA) is 111 Å². The van der Waals surface area contributed by atoms with Crippen molar-refractivity contribution in [3.05, 3.63) is 58.4 Å². The predicted molar refractivity (Wildman–Crippen MR) is 72.0 cm³/mol. The van der Waals surface area contributed by atoms with Gasteiger partial charge in [-0.25, -0.2) is 14.3 Å². The second-order valence-electron chi connectivity index (χ2n) is 4.20. The van der Waals surface area contributed by atoms with Crippen LogP contribution in [0.1, 0.15) is 10.4 Å². The number of hydrogen-bond donors (Lipinski definition) is 1. The number of carboxylic acids is 1. The fourth-order valence-electron chi connectivity index (χ4n) is 2.10. The number of carbonyl (C=O) groups is 1. The van der Waals surface area contributed by atoms with E-state index in [1.54, 1.807) is 24.3 Å². The Hall–Kier alpha value is -3.29. The lowest BCUT2D eigenvalue weighted by Crippen LogP contribution is -2.01. The molecule has 0 radical (unpaired) electrons. The third kappa shape index (κ3) is 1.98. The number of hydrogen-bond acceptors (Lipinski definition) is 5. The zero-order valence-corrected chi connectivity index (χ0v) is 10.5. The van der Waals surface area contributed by atoms with Crippen LogP contribution in [0.2, 0.25) is 0 Å². The molecule has 3 aromatic rings. The number of nitrogens with zero attached hydrogens (tertiary/aromatic N) is 4. The van der Waals surface area contributed by atoms with Crippen molar-refractivity contribution in [1.82, 2.24) is 14.6 Å². The van der Waals surface area contributed by atoms with E-state index >= 15 is 0 Å². The minimum atomic E-state index is -1.16. The maximum atomic E-state index is 11.1. The van der Waals surface area contributed by atoms with Crippen LogP contribution < -0.4 is 0 Å². The van der Waals surface area contributed by atoms with Crippen LogP contribution in [-0.2, 0) is 0 Å². The average Bonchev–Trinajstić information content (AvgIpc) is 2.91. The monoisotopic (exact) mass is 284 g/mol. The molecule has 8 nitrogen and oxygen atoms in total. The van der Waals surface area contributed by atoms with Crippen LogP contribution >= 0.6 is 0 Å². The van der Waals surface area contributed by atoms with E-state index < -0.39 is 10.9 Å². The van der Waals surface area contributed by atoms with E-state index in [-0.39, 0.29) is 16.9 Å². The predicted octanol–water partition coefficient (Wildman–Crippen LogP) is 2.00. The summed E-state index contributed by atoms with van der Waals surface area (Å²) in [5, 5.41) is 24.2. The Bertz CT molecular complexity index is 871. The Morgan fingerprint density at radius 3 is 2.76 bits per heavy atom. The third-order valence-corrected chi connectivity index (χ3v) is 3.01. The summed E-state index contributed by atoms with van der Waals surface area (Å²) in [4.78, 5) is 25.7. The second kappa shape index (κ2) is 4.67. The molecule has 21 heavy (non-hydrogen) atoms. The van der Waals surface area contributed by atoms with Gasteiger partial charge < -0.3 is 5.11 Å². The van der Waals surface area contributed by atoms with E-state index in [0.717, 1.165) is 0 Å². The molecule has 0 aliphatic carbocycles. The first-order valence-electron chi connectivity index (χ1n) is 5.89. The van der Waals surface area contributed by atoms with E-state index in [4.69, 9.17) is 5.11 Å². The lowest BCUT2D eigenvalue weighted by atomic mass is 10.1. The number of nitro groups is 1. The molecule has 1 aromatic carbocycles. The van der Waals surface area contributed by atoms with E-state index in [1.807, 2.05) is 0 Å². The molecule has 0 aliphatic heterocycles. The fourth-order valence-corrected chi connectivity index (χ4v) is 2.10. The van der Waals surface area contributed by atoms with Crippen molar-refractivity contribution in [2.45, 2.75) is 0 Å². The number of fused-ring (bicyclic) bond motifs is 1. The largest absolute Gasteiger partial charge is 0.477 e. The molecule has 0 fully saturated rings. The van der Waals surface area contributed by atoms with Crippen LogP contribution in [0, 0.1) is 10.1 Å².